The summed E-state index contributed by atoms with van der Waals surface area (Å²) in [5.41, 5.74) is 0. The average molecular weight is 290 g/mol. The van der Waals surface area contributed by atoms with E-state index < -0.39 is 21.4 Å². The van der Waals surface area contributed by atoms with Gasteiger partial charge in [-0.3, -0.25) is 9.35 Å². The van der Waals surface area contributed by atoms with E-state index in [1.54, 1.807) is 0 Å². The van der Waals surface area contributed by atoms with Gasteiger partial charge >= 0.3 is 0 Å². The molecule has 6 nitrogen and oxygen atoms in total. The lowest BCUT2D eigenvalue weighted by Crippen LogP contribution is -2.44. The summed E-state index contributed by atoms with van der Waals surface area (Å²) in [6.45, 7) is 1.67. The summed E-state index contributed by atoms with van der Waals surface area (Å²) in [4.78, 5) is 14.2. The molecule has 0 radical (unpaired) electrons. The summed E-state index contributed by atoms with van der Waals surface area (Å²) >= 11 is 0. The van der Waals surface area contributed by atoms with Crippen molar-refractivity contribution in [2.24, 2.45) is 0 Å². The highest BCUT2D eigenvalue weighted by atomic mass is 32.2. The second-order valence-electron chi connectivity index (χ2n) is 5.43. The predicted octanol–water partition coefficient (Wildman–Crippen LogP) is 0.397. The molecule has 0 aromatic rings. The fourth-order valence-corrected chi connectivity index (χ4v) is 3.55. The molecule has 7 heteroatoms. The Balaban J connectivity index is 1.92. The zero-order valence-electron chi connectivity index (χ0n) is 11.0. The van der Waals surface area contributed by atoms with E-state index in [9.17, 15) is 13.2 Å². The van der Waals surface area contributed by atoms with Gasteiger partial charge in [-0.2, -0.15) is 8.42 Å². The van der Waals surface area contributed by atoms with Crippen molar-refractivity contribution in [3.05, 3.63) is 0 Å². The summed E-state index contributed by atoms with van der Waals surface area (Å²) in [5.74, 6) is -0.0203. The molecule has 2 rings (SSSR count). The van der Waals surface area contributed by atoms with E-state index in [4.69, 9.17) is 4.55 Å². The molecular formula is C12H22N2O4S. The Morgan fingerprint density at radius 3 is 2.21 bits per heavy atom. The van der Waals surface area contributed by atoms with Crippen molar-refractivity contribution >= 4 is 16.0 Å². The summed E-state index contributed by atoms with van der Waals surface area (Å²) in [6, 6.07) is -0.466. The van der Waals surface area contributed by atoms with Crippen LogP contribution in [0.15, 0.2) is 0 Å². The van der Waals surface area contributed by atoms with Crippen LogP contribution in [0.5, 0.6) is 0 Å². The monoisotopic (exact) mass is 290 g/mol. The van der Waals surface area contributed by atoms with Gasteiger partial charge in [0.25, 0.3) is 10.1 Å². The van der Waals surface area contributed by atoms with E-state index in [2.05, 4.69) is 5.32 Å². The summed E-state index contributed by atoms with van der Waals surface area (Å²) < 4.78 is 31.2. The van der Waals surface area contributed by atoms with E-state index in [-0.39, 0.29) is 18.9 Å². The van der Waals surface area contributed by atoms with Gasteiger partial charge < -0.3 is 10.2 Å². The quantitative estimate of drug-likeness (QED) is 0.719. The molecule has 19 heavy (non-hydrogen) atoms. The van der Waals surface area contributed by atoms with Crippen LogP contribution in [0, 0.1) is 0 Å². The molecule has 0 aromatic carbocycles. The summed E-state index contributed by atoms with van der Waals surface area (Å²) in [7, 11) is -4.05. The van der Waals surface area contributed by atoms with Crippen LogP contribution in [-0.2, 0) is 14.9 Å². The molecule has 0 bridgehead atoms. The number of likely N-dealkylation sites (tertiary alicyclic amines) is 1. The highest BCUT2D eigenvalue weighted by Crippen LogP contribution is 2.18. The zero-order valence-corrected chi connectivity index (χ0v) is 11.9. The zero-order chi connectivity index (χ0) is 13.9. The Bertz CT molecular complexity index is 415. The van der Waals surface area contributed by atoms with Crippen molar-refractivity contribution in [3.63, 3.8) is 0 Å². The number of hydrogen-bond donors (Lipinski definition) is 2. The summed E-state index contributed by atoms with van der Waals surface area (Å²) in [5, 5.41) is 2.07. The SMILES string of the molecule is O=C(C1CC(S(=O)(=O)O)CN1)N1CCCCCCC1. The van der Waals surface area contributed by atoms with Crippen LogP contribution < -0.4 is 5.32 Å². The van der Waals surface area contributed by atoms with Crippen molar-refractivity contribution in [2.75, 3.05) is 19.6 Å². The van der Waals surface area contributed by atoms with Crippen LogP contribution in [0.4, 0.5) is 0 Å². The Kier molecular flexibility index (Phi) is 4.81. The topological polar surface area (TPSA) is 86.7 Å². The molecule has 2 atom stereocenters. The lowest BCUT2D eigenvalue weighted by molar-refractivity contribution is -0.133. The highest BCUT2D eigenvalue weighted by molar-refractivity contribution is 7.86. The minimum absolute atomic E-state index is 0.0203. The Hall–Kier alpha value is -0.660. The van der Waals surface area contributed by atoms with Crippen LogP contribution >= 0.6 is 0 Å². The Labute approximate surface area is 114 Å². The minimum Gasteiger partial charge on any atom is -0.341 e. The molecule has 0 saturated carbocycles. The number of rotatable bonds is 2. The molecule has 0 aliphatic carbocycles. The first-order valence-electron chi connectivity index (χ1n) is 6.97. The lowest BCUT2D eigenvalue weighted by Gasteiger charge is -2.27. The van der Waals surface area contributed by atoms with Crippen molar-refractivity contribution in [3.8, 4) is 0 Å². The third kappa shape index (κ3) is 3.90. The predicted molar refractivity (Wildman–Crippen MR) is 71.4 cm³/mol. The first kappa shape index (κ1) is 14.7. The maximum atomic E-state index is 12.3. The lowest BCUT2D eigenvalue weighted by atomic mass is 10.1. The molecule has 2 unspecified atom stereocenters. The van der Waals surface area contributed by atoms with E-state index in [0.717, 1.165) is 38.8 Å². The molecule has 110 valence electrons. The van der Waals surface area contributed by atoms with Gasteiger partial charge in [-0.25, -0.2) is 0 Å². The molecule has 2 saturated heterocycles. The van der Waals surface area contributed by atoms with Crippen molar-refractivity contribution in [1.29, 1.82) is 0 Å². The van der Waals surface area contributed by atoms with Gasteiger partial charge in [0, 0.05) is 19.6 Å². The molecule has 2 heterocycles. The van der Waals surface area contributed by atoms with Gasteiger partial charge in [0.2, 0.25) is 5.91 Å². The van der Waals surface area contributed by atoms with Gasteiger partial charge in [-0.05, 0) is 19.3 Å². The van der Waals surface area contributed by atoms with Gasteiger partial charge in [0.1, 0.15) is 5.25 Å². The average Bonchev–Trinajstić information content (AvgIpc) is 2.76. The van der Waals surface area contributed by atoms with Crippen LogP contribution in [0.25, 0.3) is 0 Å². The van der Waals surface area contributed by atoms with Crippen LogP contribution in [0.1, 0.15) is 38.5 Å². The van der Waals surface area contributed by atoms with Gasteiger partial charge in [0.05, 0.1) is 6.04 Å². The van der Waals surface area contributed by atoms with E-state index >= 15 is 0 Å². The van der Waals surface area contributed by atoms with E-state index in [0.29, 0.717) is 0 Å². The number of amides is 1. The first-order valence-corrected chi connectivity index (χ1v) is 8.47. The maximum absolute atomic E-state index is 12.3. The third-order valence-electron chi connectivity index (χ3n) is 3.98. The van der Waals surface area contributed by atoms with E-state index in [1.165, 1.54) is 6.42 Å². The van der Waals surface area contributed by atoms with Gasteiger partial charge in [0.15, 0.2) is 0 Å². The molecular weight excluding hydrogens is 268 g/mol. The minimum atomic E-state index is -4.05. The molecule has 2 aliphatic rings. The van der Waals surface area contributed by atoms with Crippen LogP contribution in [-0.4, -0.2) is 54.7 Å². The van der Waals surface area contributed by atoms with Crippen LogP contribution in [0.3, 0.4) is 0 Å². The maximum Gasteiger partial charge on any atom is 0.269 e. The van der Waals surface area contributed by atoms with Crippen molar-refractivity contribution in [2.45, 2.75) is 49.8 Å². The van der Waals surface area contributed by atoms with Crippen LogP contribution in [0.2, 0.25) is 0 Å². The largest absolute Gasteiger partial charge is 0.341 e. The summed E-state index contributed by atoms with van der Waals surface area (Å²) in [6.07, 6.45) is 5.73. The smallest absolute Gasteiger partial charge is 0.269 e. The molecule has 0 aromatic heterocycles. The molecule has 2 fully saturated rings. The number of nitrogens with one attached hydrogen (secondary N) is 1. The van der Waals surface area contributed by atoms with Crippen molar-refractivity contribution in [1.82, 2.24) is 10.2 Å². The number of nitrogens with zero attached hydrogens (tertiary/aromatic N) is 1. The fraction of sp³-hybridized carbons (Fsp3) is 0.917. The molecule has 0 spiro atoms. The van der Waals surface area contributed by atoms with E-state index in [1.807, 2.05) is 4.90 Å². The second kappa shape index (κ2) is 6.19. The second-order valence-corrected chi connectivity index (χ2v) is 7.12. The standard InChI is InChI=1S/C12H22N2O4S/c15-12(14-6-4-2-1-3-5-7-14)11-8-10(9-13-11)19(16,17)18/h10-11,13H,1-9H2,(H,16,17,18). The van der Waals surface area contributed by atoms with Gasteiger partial charge in [-0.1, -0.05) is 19.3 Å². The first-order chi connectivity index (χ1) is 8.98. The Morgan fingerprint density at radius 1 is 1.11 bits per heavy atom. The Morgan fingerprint density at radius 2 is 1.68 bits per heavy atom. The highest BCUT2D eigenvalue weighted by Gasteiger charge is 2.37. The molecule has 1 amide bonds. The number of carbonyl (C=O) groups excluding carboxylic acids is 1. The number of hydrogen-bond acceptors (Lipinski definition) is 4. The normalized spacial score (nSPS) is 29.8. The van der Waals surface area contributed by atoms with Gasteiger partial charge in [-0.15, -0.1) is 0 Å². The van der Waals surface area contributed by atoms with Crippen molar-refractivity contribution < 1.29 is 17.8 Å². The molecule has 2 N–H and O–H groups in total. The third-order valence-corrected chi connectivity index (χ3v) is 5.18. The molecule has 2 aliphatic heterocycles. The number of carbonyl (C=O) groups is 1. The fourth-order valence-electron chi connectivity index (χ4n) is 2.81.